The number of hydrogen-bond acceptors (Lipinski definition) is 2. The number of aliphatic hydroxyl groups is 1. The van der Waals surface area contributed by atoms with Crippen LogP contribution in [0.1, 0.15) is 57.8 Å². The molecule has 1 saturated carbocycles. The molecule has 0 bridgehead atoms. The first-order chi connectivity index (χ1) is 7.33. The van der Waals surface area contributed by atoms with Gasteiger partial charge in [-0.1, -0.05) is 38.5 Å². The molecule has 1 rings (SSSR count). The molecule has 90 valence electrons. The van der Waals surface area contributed by atoms with Crippen LogP contribution in [0.5, 0.6) is 0 Å². The van der Waals surface area contributed by atoms with E-state index in [1.165, 1.54) is 38.5 Å². The van der Waals surface area contributed by atoms with E-state index in [4.69, 9.17) is 4.74 Å². The lowest BCUT2D eigenvalue weighted by Crippen LogP contribution is -2.14. The molecule has 2 nitrogen and oxygen atoms in total. The molecule has 0 aromatic rings. The van der Waals surface area contributed by atoms with Crippen LogP contribution in [0.4, 0.5) is 0 Å². The second-order valence-electron chi connectivity index (χ2n) is 4.88. The maximum atomic E-state index is 9.86. The standard InChI is InChI=1S/C13H26O2/c1-15-10-6-9-13(14)11-12-7-4-2-3-5-8-12/h12-14H,2-11H2,1H3. The molecule has 1 fully saturated rings. The molecule has 0 radical (unpaired) electrons. The van der Waals surface area contributed by atoms with E-state index in [0.29, 0.717) is 0 Å². The van der Waals surface area contributed by atoms with Crippen molar-refractivity contribution in [3.8, 4) is 0 Å². The van der Waals surface area contributed by atoms with Crippen molar-refractivity contribution >= 4 is 0 Å². The highest BCUT2D eigenvalue weighted by atomic mass is 16.5. The zero-order valence-corrected chi connectivity index (χ0v) is 10.1. The lowest BCUT2D eigenvalue weighted by Gasteiger charge is -2.18. The van der Waals surface area contributed by atoms with Crippen molar-refractivity contribution in [3.05, 3.63) is 0 Å². The highest BCUT2D eigenvalue weighted by Crippen LogP contribution is 2.27. The highest BCUT2D eigenvalue weighted by Gasteiger charge is 2.16. The van der Waals surface area contributed by atoms with E-state index in [-0.39, 0.29) is 6.10 Å². The van der Waals surface area contributed by atoms with Crippen LogP contribution in [0.2, 0.25) is 0 Å². The van der Waals surface area contributed by atoms with Gasteiger partial charge in [0.2, 0.25) is 0 Å². The van der Waals surface area contributed by atoms with Crippen molar-refractivity contribution in [1.82, 2.24) is 0 Å². The van der Waals surface area contributed by atoms with E-state index in [1.54, 1.807) is 7.11 Å². The van der Waals surface area contributed by atoms with Gasteiger partial charge in [0.25, 0.3) is 0 Å². The Morgan fingerprint density at radius 3 is 2.47 bits per heavy atom. The van der Waals surface area contributed by atoms with E-state index in [0.717, 1.165) is 31.8 Å². The third kappa shape index (κ3) is 6.16. The fourth-order valence-corrected chi connectivity index (χ4v) is 2.57. The van der Waals surface area contributed by atoms with Crippen molar-refractivity contribution in [2.75, 3.05) is 13.7 Å². The summed E-state index contributed by atoms with van der Waals surface area (Å²) >= 11 is 0. The highest BCUT2D eigenvalue weighted by molar-refractivity contribution is 4.68. The monoisotopic (exact) mass is 214 g/mol. The summed E-state index contributed by atoms with van der Waals surface area (Å²) in [5.41, 5.74) is 0. The molecule has 0 aliphatic heterocycles. The molecule has 1 aliphatic carbocycles. The number of rotatable bonds is 6. The number of methoxy groups -OCH3 is 1. The molecule has 0 spiro atoms. The van der Waals surface area contributed by atoms with Crippen molar-refractivity contribution in [3.63, 3.8) is 0 Å². The molecule has 0 aromatic carbocycles. The van der Waals surface area contributed by atoms with Crippen LogP contribution in [-0.2, 0) is 4.74 Å². The summed E-state index contributed by atoms with van der Waals surface area (Å²) in [6, 6.07) is 0. The maximum Gasteiger partial charge on any atom is 0.0543 e. The Kier molecular flexibility index (Phi) is 7.03. The molecule has 1 unspecified atom stereocenters. The maximum absolute atomic E-state index is 9.86. The average molecular weight is 214 g/mol. The minimum atomic E-state index is -0.0942. The summed E-state index contributed by atoms with van der Waals surface area (Å²) in [4.78, 5) is 0. The van der Waals surface area contributed by atoms with E-state index in [9.17, 15) is 5.11 Å². The molecule has 0 heterocycles. The summed E-state index contributed by atoms with van der Waals surface area (Å²) in [6.45, 7) is 0.779. The van der Waals surface area contributed by atoms with Crippen LogP contribution in [-0.4, -0.2) is 24.9 Å². The second-order valence-corrected chi connectivity index (χ2v) is 4.88. The Morgan fingerprint density at radius 1 is 1.20 bits per heavy atom. The first kappa shape index (κ1) is 13.0. The Bertz CT molecular complexity index is 139. The molecule has 0 aromatic heterocycles. The molecule has 1 atom stereocenters. The van der Waals surface area contributed by atoms with Gasteiger partial charge in [0.1, 0.15) is 0 Å². The summed E-state index contributed by atoms with van der Waals surface area (Å²) in [5, 5.41) is 9.86. The Balaban J connectivity index is 2.09. The van der Waals surface area contributed by atoms with E-state index < -0.39 is 0 Å². The summed E-state index contributed by atoms with van der Waals surface area (Å²) in [5.74, 6) is 0.782. The van der Waals surface area contributed by atoms with Crippen LogP contribution in [0.15, 0.2) is 0 Å². The lowest BCUT2D eigenvalue weighted by atomic mass is 9.92. The van der Waals surface area contributed by atoms with Crippen LogP contribution < -0.4 is 0 Å². The van der Waals surface area contributed by atoms with E-state index in [1.807, 2.05) is 0 Å². The molecule has 2 heteroatoms. The van der Waals surface area contributed by atoms with Crippen LogP contribution in [0.25, 0.3) is 0 Å². The van der Waals surface area contributed by atoms with E-state index in [2.05, 4.69) is 0 Å². The smallest absolute Gasteiger partial charge is 0.0543 e. The first-order valence-electron chi connectivity index (χ1n) is 6.50. The summed E-state index contributed by atoms with van der Waals surface area (Å²) in [6.07, 6.45) is 11.0. The number of hydrogen-bond donors (Lipinski definition) is 1. The molecule has 0 amide bonds. The lowest BCUT2D eigenvalue weighted by molar-refractivity contribution is 0.110. The SMILES string of the molecule is COCCCC(O)CC1CCCCCC1. The molecule has 1 N–H and O–H groups in total. The van der Waals surface area contributed by atoms with Gasteiger partial charge in [-0.3, -0.25) is 0 Å². The van der Waals surface area contributed by atoms with Crippen LogP contribution >= 0.6 is 0 Å². The average Bonchev–Trinajstić information content (AvgIpc) is 2.47. The zero-order valence-electron chi connectivity index (χ0n) is 10.1. The van der Waals surface area contributed by atoms with Crippen LogP contribution in [0.3, 0.4) is 0 Å². The van der Waals surface area contributed by atoms with Crippen LogP contribution in [0, 0.1) is 5.92 Å². The van der Waals surface area contributed by atoms with E-state index >= 15 is 0 Å². The van der Waals surface area contributed by atoms with Gasteiger partial charge >= 0.3 is 0 Å². The molecular formula is C13H26O2. The minimum absolute atomic E-state index is 0.0942. The van der Waals surface area contributed by atoms with Gasteiger partial charge in [-0.25, -0.2) is 0 Å². The second kappa shape index (κ2) is 8.12. The van der Waals surface area contributed by atoms with Gasteiger partial charge in [0.05, 0.1) is 6.10 Å². The minimum Gasteiger partial charge on any atom is -0.393 e. The predicted molar refractivity (Wildman–Crippen MR) is 62.9 cm³/mol. The van der Waals surface area contributed by atoms with Gasteiger partial charge in [0.15, 0.2) is 0 Å². The van der Waals surface area contributed by atoms with Gasteiger partial charge in [-0.15, -0.1) is 0 Å². The topological polar surface area (TPSA) is 29.5 Å². The zero-order chi connectivity index (χ0) is 10.9. The molecule has 1 aliphatic rings. The van der Waals surface area contributed by atoms with Crippen molar-refractivity contribution in [2.45, 2.75) is 63.9 Å². The number of ether oxygens (including phenoxy) is 1. The molecular weight excluding hydrogens is 188 g/mol. The van der Waals surface area contributed by atoms with Gasteiger partial charge in [0, 0.05) is 13.7 Å². The first-order valence-corrected chi connectivity index (χ1v) is 6.50. The third-order valence-corrected chi connectivity index (χ3v) is 3.47. The van der Waals surface area contributed by atoms with Crippen molar-refractivity contribution < 1.29 is 9.84 Å². The quantitative estimate of drug-likeness (QED) is 0.543. The number of aliphatic hydroxyl groups excluding tert-OH is 1. The summed E-state index contributed by atoms with van der Waals surface area (Å²) < 4.78 is 4.99. The van der Waals surface area contributed by atoms with Crippen molar-refractivity contribution in [1.29, 1.82) is 0 Å². The predicted octanol–water partition coefficient (Wildman–Crippen LogP) is 3.13. The van der Waals surface area contributed by atoms with Gasteiger partial charge < -0.3 is 9.84 Å². The van der Waals surface area contributed by atoms with Crippen molar-refractivity contribution in [2.24, 2.45) is 5.92 Å². The Labute approximate surface area is 94.0 Å². The Hall–Kier alpha value is -0.0800. The van der Waals surface area contributed by atoms with Gasteiger partial charge in [-0.05, 0) is 25.2 Å². The fourth-order valence-electron chi connectivity index (χ4n) is 2.57. The Morgan fingerprint density at radius 2 is 1.87 bits per heavy atom. The largest absolute Gasteiger partial charge is 0.393 e. The molecule has 15 heavy (non-hydrogen) atoms. The normalized spacial score (nSPS) is 21.2. The molecule has 0 saturated heterocycles. The fraction of sp³-hybridized carbons (Fsp3) is 1.00. The third-order valence-electron chi connectivity index (χ3n) is 3.47. The van der Waals surface area contributed by atoms with Gasteiger partial charge in [-0.2, -0.15) is 0 Å². The summed E-state index contributed by atoms with van der Waals surface area (Å²) in [7, 11) is 1.72.